The zero-order valence-electron chi connectivity index (χ0n) is 17.2. The maximum Gasteiger partial charge on any atom is 0.416 e. The molecule has 1 fully saturated rings. The molecule has 3 rings (SSSR count). The van der Waals surface area contributed by atoms with E-state index in [2.05, 4.69) is 0 Å². The fourth-order valence-corrected chi connectivity index (χ4v) is 5.10. The number of nitrogens with zero attached hydrogens (tertiary/aromatic N) is 3. The van der Waals surface area contributed by atoms with Crippen LogP contribution in [0.25, 0.3) is 0 Å². The molecule has 2 atom stereocenters. The Morgan fingerprint density at radius 1 is 1.21 bits per heavy atom. The van der Waals surface area contributed by atoms with Crippen LogP contribution in [0.1, 0.15) is 22.3 Å². The van der Waals surface area contributed by atoms with E-state index in [1.54, 1.807) is 6.92 Å². The van der Waals surface area contributed by atoms with Crippen molar-refractivity contribution in [1.82, 2.24) is 4.31 Å². The zero-order valence-corrected chi connectivity index (χ0v) is 18.0. The Morgan fingerprint density at radius 2 is 1.91 bits per heavy atom. The number of aryl methyl sites for hydroxylation is 1. The van der Waals surface area contributed by atoms with E-state index in [4.69, 9.17) is 10.00 Å². The second kappa shape index (κ2) is 8.65. The average Bonchev–Trinajstić information content (AvgIpc) is 3.11. The van der Waals surface area contributed by atoms with Gasteiger partial charge in [0.2, 0.25) is 10.0 Å². The van der Waals surface area contributed by atoms with Crippen molar-refractivity contribution in [2.75, 3.05) is 19.7 Å². The average molecular weight is 481 g/mol. The van der Waals surface area contributed by atoms with E-state index in [9.17, 15) is 37.1 Å². The second-order valence-electron chi connectivity index (χ2n) is 7.58. The lowest BCUT2D eigenvalue weighted by Crippen LogP contribution is -2.48. The monoisotopic (exact) mass is 481 g/mol. The fourth-order valence-electron chi connectivity index (χ4n) is 3.47. The third kappa shape index (κ3) is 4.65. The molecule has 2 N–H and O–H groups in total. The smallest absolute Gasteiger partial charge is 0.416 e. The van der Waals surface area contributed by atoms with Crippen LogP contribution in [-0.2, 0) is 16.2 Å². The van der Waals surface area contributed by atoms with Gasteiger partial charge in [0, 0.05) is 6.54 Å². The largest absolute Gasteiger partial charge is 0.486 e. The number of benzene rings is 2. The van der Waals surface area contributed by atoms with Gasteiger partial charge in [-0.15, -0.1) is 0 Å². The Hall–Kier alpha value is -3.16. The Balaban J connectivity index is 1.95. The maximum absolute atomic E-state index is 13.1. The highest BCUT2D eigenvalue weighted by Gasteiger charge is 2.51. The predicted octanol–water partition coefficient (Wildman–Crippen LogP) is 1.93. The van der Waals surface area contributed by atoms with E-state index < -0.39 is 63.6 Å². The third-order valence-corrected chi connectivity index (χ3v) is 7.18. The summed E-state index contributed by atoms with van der Waals surface area (Å²) < 4.78 is 71.6. The van der Waals surface area contributed by atoms with Crippen molar-refractivity contribution in [3.05, 3.63) is 58.7 Å². The van der Waals surface area contributed by atoms with Crippen LogP contribution in [0.15, 0.2) is 41.3 Å². The lowest BCUT2D eigenvalue weighted by molar-refractivity contribution is -0.137. The molecule has 0 radical (unpaired) electrons. The number of alkyl halides is 3. The molecule has 0 bridgehead atoms. The molecule has 0 aromatic heterocycles. The zero-order chi connectivity index (χ0) is 24.6. The van der Waals surface area contributed by atoms with Crippen molar-refractivity contribution < 1.29 is 36.5 Å². The number of hydrogen-bond donors (Lipinski definition) is 2. The molecule has 12 heteroatoms. The quantitative estimate of drug-likeness (QED) is 0.666. The summed E-state index contributed by atoms with van der Waals surface area (Å²) in [5, 5.41) is 38.8. The van der Waals surface area contributed by atoms with E-state index in [1.165, 1.54) is 24.3 Å². The number of hydrogen-bond acceptors (Lipinski definition) is 7. The number of sulfonamides is 1. The summed E-state index contributed by atoms with van der Waals surface area (Å²) in [6.45, 7) is -0.279. The van der Waals surface area contributed by atoms with Gasteiger partial charge < -0.3 is 14.9 Å². The lowest BCUT2D eigenvalue weighted by Gasteiger charge is -2.27. The van der Waals surface area contributed by atoms with Crippen LogP contribution < -0.4 is 4.74 Å². The van der Waals surface area contributed by atoms with Gasteiger partial charge in [-0.3, -0.25) is 0 Å². The normalized spacial score (nSPS) is 21.4. The molecule has 0 saturated carbocycles. The minimum atomic E-state index is -4.77. The van der Waals surface area contributed by atoms with Gasteiger partial charge in [-0.1, -0.05) is 0 Å². The molecule has 2 aromatic carbocycles. The van der Waals surface area contributed by atoms with Crippen LogP contribution >= 0.6 is 0 Å². The summed E-state index contributed by atoms with van der Waals surface area (Å²) in [5.41, 5.74) is -3.01. The molecule has 1 heterocycles. The Kier molecular flexibility index (Phi) is 6.42. The first-order valence-electron chi connectivity index (χ1n) is 9.48. The van der Waals surface area contributed by atoms with Crippen LogP contribution in [0.5, 0.6) is 5.75 Å². The van der Waals surface area contributed by atoms with Crippen molar-refractivity contribution in [3.63, 3.8) is 0 Å². The van der Waals surface area contributed by atoms with Gasteiger partial charge in [0.1, 0.15) is 23.5 Å². The predicted molar refractivity (Wildman–Crippen MR) is 107 cm³/mol. The molecule has 174 valence electrons. The van der Waals surface area contributed by atoms with Gasteiger partial charge in [-0.2, -0.15) is 28.0 Å². The topological polar surface area (TPSA) is 135 Å². The summed E-state index contributed by atoms with van der Waals surface area (Å²) in [7, 11) is -4.52. The Labute approximate surface area is 187 Å². The molecule has 2 aromatic rings. The molecule has 0 amide bonds. The standard InChI is InChI=1S/C21H18F3N3O5S/c1-13-6-14(8-25)2-4-17(13)32-19-10-27(11-20(19,29)12-28)33(30,31)18-5-3-16(21(22,23)24)7-15(18)9-26/h2-7,19,28-29H,10-12H2,1H3/t19-,20+/m0/s1. The second-order valence-corrected chi connectivity index (χ2v) is 9.48. The summed E-state index contributed by atoms with van der Waals surface area (Å²) in [4.78, 5) is -0.659. The van der Waals surface area contributed by atoms with Crippen molar-refractivity contribution in [3.8, 4) is 17.9 Å². The van der Waals surface area contributed by atoms with Crippen LogP contribution in [-0.4, -0.2) is 54.3 Å². The van der Waals surface area contributed by atoms with E-state index >= 15 is 0 Å². The minimum absolute atomic E-state index is 0.248. The number of aliphatic hydroxyl groups is 2. The molecule has 1 saturated heterocycles. The van der Waals surface area contributed by atoms with E-state index in [-0.39, 0.29) is 5.75 Å². The molecule has 1 aliphatic rings. The highest BCUT2D eigenvalue weighted by atomic mass is 32.2. The minimum Gasteiger partial charge on any atom is -0.486 e. The number of aliphatic hydroxyl groups excluding tert-OH is 1. The summed E-state index contributed by atoms with van der Waals surface area (Å²) in [6, 6.07) is 9.56. The number of rotatable bonds is 5. The van der Waals surface area contributed by atoms with Crippen molar-refractivity contribution in [1.29, 1.82) is 10.5 Å². The number of β-amino-alcohol motifs (C(OH)–C–C–N with tert-alkyl or cyclic N) is 1. The SMILES string of the molecule is Cc1cc(C#N)ccc1O[C@H]1CN(S(=O)(=O)c2ccc(C(F)(F)F)cc2C#N)C[C@@]1(O)CO. The van der Waals surface area contributed by atoms with Gasteiger partial charge in [-0.25, -0.2) is 8.42 Å². The van der Waals surface area contributed by atoms with Gasteiger partial charge in [0.05, 0.1) is 40.8 Å². The van der Waals surface area contributed by atoms with Crippen molar-refractivity contribution in [2.24, 2.45) is 0 Å². The summed E-state index contributed by atoms with van der Waals surface area (Å²) >= 11 is 0. The Bertz CT molecular complexity index is 1270. The summed E-state index contributed by atoms with van der Waals surface area (Å²) in [5.74, 6) is 0.248. The molecule has 33 heavy (non-hydrogen) atoms. The lowest BCUT2D eigenvalue weighted by atomic mass is 10.0. The van der Waals surface area contributed by atoms with Gasteiger partial charge in [0.25, 0.3) is 0 Å². The van der Waals surface area contributed by atoms with Crippen molar-refractivity contribution >= 4 is 10.0 Å². The molecule has 0 unspecified atom stereocenters. The Morgan fingerprint density at radius 3 is 2.45 bits per heavy atom. The first kappa shape index (κ1) is 24.5. The fraction of sp³-hybridized carbons (Fsp3) is 0.333. The molecule has 0 aliphatic carbocycles. The van der Waals surface area contributed by atoms with Crippen LogP contribution in [0.2, 0.25) is 0 Å². The van der Waals surface area contributed by atoms with Crippen LogP contribution in [0, 0.1) is 29.6 Å². The molecular formula is C21H18F3N3O5S. The maximum atomic E-state index is 13.1. The molecular weight excluding hydrogens is 463 g/mol. The first-order chi connectivity index (χ1) is 15.4. The first-order valence-corrected chi connectivity index (χ1v) is 10.9. The van der Waals surface area contributed by atoms with Crippen LogP contribution in [0.3, 0.4) is 0 Å². The molecule has 8 nitrogen and oxygen atoms in total. The summed E-state index contributed by atoms with van der Waals surface area (Å²) in [6.07, 6.45) is -6.00. The number of ether oxygens (including phenoxy) is 1. The van der Waals surface area contributed by atoms with Gasteiger partial charge in [0.15, 0.2) is 0 Å². The third-order valence-electron chi connectivity index (χ3n) is 5.31. The van der Waals surface area contributed by atoms with E-state index in [1.807, 2.05) is 6.07 Å². The van der Waals surface area contributed by atoms with Gasteiger partial charge >= 0.3 is 6.18 Å². The van der Waals surface area contributed by atoms with Gasteiger partial charge in [-0.05, 0) is 48.9 Å². The number of halogens is 3. The highest BCUT2D eigenvalue weighted by molar-refractivity contribution is 7.89. The highest BCUT2D eigenvalue weighted by Crippen LogP contribution is 2.35. The van der Waals surface area contributed by atoms with Crippen LogP contribution in [0.4, 0.5) is 13.2 Å². The van der Waals surface area contributed by atoms with E-state index in [0.717, 1.165) is 4.31 Å². The van der Waals surface area contributed by atoms with Crippen molar-refractivity contribution in [2.45, 2.75) is 29.7 Å². The molecule has 0 spiro atoms. The number of nitriles is 2. The molecule has 1 aliphatic heterocycles. The van der Waals surface area contributed by atoms with E-state index in [0.29, 0.717) is 29.3 Å².